The van der Waals surface area contributed by atoms with Crippen LogP contribution in [0.5, 0.6) is 0 Å². The molecule has 0 spiro atoms. The number of hydrogen-bond donors (Lipinski definition) is 2. The fraction of sp³-hybridized carbons (Fsp3) is 0.538. The van der Waals surface area contributed by atoms with Crippen molar-refractivity contribution in [1.29, 1.82) is 0 Å². The van der Waals surface area contributed by atoms with E-state index >= 15 is 0 Å². The van der Waals surface area contributed by atoms with Gasteiger partial charge in [-0.25, -0.2) is 0 Å². The number of benzene rings is 1. The molecular weight excluding hydrogens is 240 g/mol. The van der Waals surface area contributed by atoms with Gasteiger partial charge in [0.05, 0.1) is 6.61 Å². The van der Waals surface area contributed by atoms with Gasteiger partial charge in [-0.05, 0) is 12.5 Å². The maximum absolute atomic E-state index is 9.91. The normalized spacial score (nSPS) is 14.6. The largest absolute Gasteiger partial charge is 0.388 e. The van der Waals surface area contributed by atoms with Gasteiger partial charge in [0.25, 0.3) is 0 Å². The summed E-state index contributed by atoms with van der Waals surface area (Å²) in [7, 11) is 0. The van der Waals surface area contributed by atoms with Gasteiger partial charge in [0.15, 0.2) is 0 Å². The van der Waals surface area contributed by atoms with E-state index in [1.807, 2.05) is 0 Å². The second kappa shape index (κ2) is 7.67. The third kappa shape index (κ3) is 4.64. The summed E-state index contributed by atoms with van der Waals surface area (Å²) in [5.74, 6) is 0. The predicted octanol–water partition coefficient (Wildman–Crippen LogP) is 2.55. The standard InChI is InChI=1S/C13H19ClO3/c1-2-3-8-17-9-12(15)13(16)10-6-4-5-7-11(10)14/h4-7,12-13,15-16H,2-3,8-9H2,1H3/t12-,13+/m0/s1. The number of unbranched alkanes of at least 4 members (excludes halogenated alkanes) is 1. The SMILES string of the molecule is CCCCOC[C@H](O)[C@H](O)c1ccccc1Cl. The lowest BCUT2D eigenvalue weighted by Crippen LogP contribution is -2.24. The molecule has 3 nitrogen and oxygen atoms in total. The minimum Gasteiger partial charge on any atom is -0.388 e. The van der Waals surface area contributed by atoms with Gasteiger partial charge in [0, 0.05) is 17.2 Å². The molecule has 0 unspecified atom stereocenters. The molecule has 0 aliphatic rings. The molecule has 1 aromatic carbocycles. The zero-order chi connectivity index (χ0) is 12.7. The van der Waals surface area contributed by atoms with Crippen LogP contribution >= 0.6 is 11.6 Å². The first-order valence-electron chi connectivity index (χ1n) is 5.85. The van der Waals surface area contributed by atoms with Crippen LogP contribution < -0.4 is 0 Å². The van der Waals surface area contributed by atoms with E-state index in [0.29, 0.717) is 17.2 Å². The Balaban J connectivity index is 2.46. The van der Waals surface area contributed by atoms with Gasteiger partial charge in [-0.2, -0.15) is 0 Å². The number of ether oxygens (including phenoxy) is 1. The molecule has 0 radical (unpaired) electrons. The smallest absolute Gasteiger partial charge is 0.109 e. The predicted molar refractivity (Wildman–Crippen MR) is 68.1 cm³/mol. The average molecular weight is 259 g/mol. The molecule has 4 heteroatoms. The number of hydrogen-bond acceptors (Lipinski definition) is 3. The maximum atomic E-state index is 9.91. The number of rotatable bonds is 7. The highest BCUT2D eigenvalue weighted by Gasteiger charge is 2.20. The molecule has 0 aromatic heterocycles. The number of halogens is 1. The molecule has 2 N–H and O–H groups in total. The summed E-state index contributed by atoms with van der Waals surface area (Å²) in [5, 5.41) is 20.1. The van der Waals surface area contributed by atoms with E-state index < -0.39 is 12.2 Å². The molecule has 2 atom stereocenters. The first-order chi connectivity index (χ1) is 8.16. The Hall–Kier alpha value is -0.610. The Kier molecular flexibility index (Phi) is 6.52. The van der Waals surface area contributed by atoms with Crippen molar-refractivity contribution in [1.82, 2.24) is 0 Å². The second-order valence-corrected chi connectivity index (χ2v) is 4.37. The van der Waals surface area contributed by atoms with E-state index in [1.54, 1.807) is 24.3 Å². The lowest BCUT2D eigenvalue weighted by atomic mass is 10.1. The van der Waals surface area contributed by atoms with Gasteiger partial charge >= 0.3 is 0 Å². The first-order valence-corrected chi connectivity index (χ1v) is 6.23. The van der Waals surface area contributed by atoms with Crippen molar-refractivity contribution in [2.45, 2.75) is 32.0 Å². The Morgan fingerprint density at radius 1 is 1.29 bits per heavy atom. The van der Waals surface area contributed by atoms with E-state index in [2.05, 4.69) is 6.92 Å². The molecular formula is C13H19ClO3. The zero-order valence-corrected chi connectivity index (χ0v) is 10.7. The van der Waals surface area contributed by atoms with Gasteiger partial charge < -0.3 is 14.9 Å². The van der Waals surface area contributed by atoms with Crippen LogP contribution in [-0.4, -0.2) is 29.5 Å². The molecule has 0 heterocycles. The van der Waals surface area contributed by atoms with Crippen LogP contribution in [0, 0.1) is 0 Å². The third-order valence-corrected chi connectivity index (χ3v) is 2.86. The van der Waals surface area contributed by atoms with Crippen molar-refractivity contribution in [3.05, 3.63) is 34.9 Å². The van der Waals surface area contributed by atoms with E-state index in [0.717, 1.165) is 12.8 Å². The molecule has 0 aliphatic heterocycles. The van der Waals surface area contributed by atoms with Crippen molar-refractivity contribution in [3.8, 4) is 0 Å². The van der Waals surface area contributed by atoms with E-state index in [-0.39, 0.29) is 6.61 Å². The van der Waals surface area contributed by atoms with Crippen molar-refractivity contribution >= 4 is 11.6 Å². The van der Waals surface area contributed by atoms with Crippen molar-refractivity contribution in [2.24, 2.45) is 0 Å². The van der Waals surface area contributed by atoms with Gasteiger partial charge in [0.1, 0.15) is 12.2 Å². The summed E-state index contributed by atoms with van der Waals surface area (Å²) in [6.45, 7) is 2.79. The minimum atomic E-state index is -1.01. The Bertz CT molecular complexity index is 330. The van der Waals surface area contributed by atoms with Crippen LogP contribution in [-0.2, 0) is 4.74 Å². The highest BCUT2D eigenvalue weighted by Crippen LogP contribution is 2.25. The maximum Gasteiger partial charge on any atom is 0.109 e. The molecule has 1 rings (SSSR count). The van der Waals surface area contributed by atoms with Crippen molar-refractivity contribution in [3.63, 3.8) is 0 Å². The molecule has 17 heavy (non-hydrogen) atoms. The Labute approximate surface area is 107 Å². The topological polar surface area (TPSA) is 49.7 Å². The number of aliphatic hydroxyl groups excluding tert-OH is 2. The minimum absolute atomic E-state index is 0.117. The highest BCUT2D eigenvalue weighted by molar-refractivity contribution is 6.31. The summed E-state index contributed by atoms with van der Waals surface area (Å²) in [6, 6.07) is 6.94. The van der Waals surface area contributed by atoms with Crippen LogP contribution in [0.1, 0.15) is 31.4 Å². The van der Waals surface area contributed by atoms with Crippen molar-refractivity contribution < 1.29 is 14.9 Å². The first kappa shape index (κ1) is 14.5. The summed E-state index contributed by atoms with van der Waals surface area (Å²) in [6.07, 6.45) is 0.0371. The number of aliphatic hydroxyl groups is 2. The zero-order valence-electron chi connectivity index (χ0n) is 9.97. The van der Waals surface area contributed by atoms with E-state index in [4.69, 9.17) is 16.3 Å². The van der Waals surface area contributed by atoms with Gasteiger partial charge in [-0.15, -0.1) is 0 Å². The Morgan fingerprint density at radius 3 is 2.65 bits per heavy atom. The monoisotopic (exact) mass is 258 g/mol. The molecule has 0 amide bonds. The van der Waals surface area contributed by atoms with Gasteiger partial charge in [-0.3, -0.25) is 0 Å². The summed E-state index contributed by atoms with van der Waals surface area (Å²) in [5.41, 5.74) is 0.528. The van der Waals surface area contributed by atoms with Crippen LogP contribution in [0.25, 0.3) is 0 Å². The van der Waals surface area contributed by atoms with Crippen LogP contribution in [0.3, 0.4) is 0 Å². The quantitative estimate of drug-likeness (QED) is 0.739. The molecule has 0 saturated heterocycles. The Morgan fingerprint density at radius 2 is 2.00 bits per heavy atom. The third-order valence-electron chi connectivity index (χ3n) is 2.52. The lowest BCUT2D eigenvalue weighted by molar-refractivity contribution is -0.0395. The molecule has 0 fully saturated rings. The fourth-order valence-electron chi connectivity index (χ4n) is 1.46. The summed E-state index contributed by atoms with van der Waals surface area (Å²) in [4.78, 5) is 0. The molecule has 1 aromatic rings. The van der Waals surface area contributed by atoms with Crippen LogP contribution in [0.4, 0.5) is 0 Å². The molecule has 0 saturated carbocycles. The highest BCUT2D eigenvalue weighted by atomic mass is 35.5. The molecule has 0 aliphatic carbocycles. The van der Waals surface area contributed by atoms with Crippen molar-refractivity contribution in [2.75, 3.05) is 13.2 Å². The van der Waals surface area contributed by atoms with Gasteiger partial charge in [-0.1, -0.05) is 43.1 Å². The summed E-state index contributed by atoms with van der Waals surface area (Å²) < 4.78 is 5.27. The molecule has 96 valence electrons. The van der Waals surface area contributed by atoms with Crippen LogP contribution in [0.15, 0.2) is 24.3 Å². The summed E-state index contributed by atoms with van der Waals surface area (Å²) >= 11 is 5.94. The lowest BCUT2D eigenvalue weighted by Gasteiger charge is -2.19. The van der Waals surface area contributed by atoms with E-state index in [9.17, 15) is 10.2 Å². The average Bonchev–Trinajstić information content (AvgIpc) is 2.34. The van der Waals surface area contributed by atoms with E-state index in [1.165, 1.54) is 0 Å². The fourth-order valence-corrected chi connectivity index (χ4v) is 1.71. The van der Waals surface area contributed by atoms with Crippen LogP contribution in [0.2, 0.25) is 5.02 Å². The van der Waals surface area contributed by atoms with Gasteiger partial charge in [0.2, 0.25) is 0 Å². The second-order valence-electron chi connectivity index (χ2n) is 3.96. The molecule has 0 bridgehead atoms.